The Labute approximate surface area is 130 Å². The number of aromatic amines is 1. The molecule has 5 nitrogen and oxygen atoms in total. The van der Waals surface area contributed by atoms with Gasteiger partial charge < -0.3 is 4.42 Å². The van der Waals surface area contributed by atoms with E-state index in [9.17, 15) is 4.39 Å². The molecule has 0 aliphatic heterocycles. The lowest BCUT2D eigenvalue weighted by Crippen LogP contribution is -1.85. The third kappa shape index (κ3) is 2.76. The van der Waals surface area contributed by atoms with Gasteiger partial charge in [0, 0.05) is 5.92 Å². The molecule has 2 aromatic heterocycles. The van der Waals surface area contributed by atoms with Gasteiger partial charge in [0.2, 0.25) is 5.16 Å². The van der Waals surface area contributed by atoms with Gasteiger partial charge in [-0.25, -0.2) is 14.4 Å². The van der Waals surface area contributed by atoms with Crippen molar-refractivity contribution in [1.82, 2.24) is 20.2 Å². The van der Waals surface area contributed by atoms with Crippen LogP contribution in [0.2, 0.25) is 0 Å². The van der Waals surface area contributed by atoms with Crippen LogP contribution in [0.4, 0.5) is 4.39 Å². The molecule has 3 aromatic rings. The Kier molecular flexibility index (Phi) is 3.42. The maximum absolute atomic E-state index is 13.7. The van der Waals surface area contributed by atoms with Crippen molar-refractivity contribution in [3.8, 4) is 11.4 Å². The normalized spacial score (nSPS) is 14.4. The fourth-order valence-electron chi connectivity index (χ4n) is 2.13. The van der Waals surface area contributed by atoms with Crippen LogP contribution in [0, 0.1) is 5.82 Å². The zero-order chi connectivity index (χ0) is 14.9. The predicted octanol–water partition coefficient (Wildman–Crippen LogP) is 3.77. The van der Waals surface area contributed by atoms with Crippen molar-refractivity contribution in [2.75, 3.05) is 0 Å². The first-order chi connectivity index (χ1) is 10.8. The monoisotopic (exact) mass is 316 g/mol. The van der Waals surface area contributed by atoms with E-state index in [1.54, 1.807) is 24.4 Å². The molecule has 1 saturated carbocycles. The largest absolute Gasteiger partial charge is 0.445 e. The Morgan fingerprint density at radius 2 is 2.18 bits per heavy atom. The predicted molar refractivity (Wildman–Crippen MR) is 79.8 cm³/mol. The van der Waals surface area contributed by atoms with Gasteiger partial charge in [-0.05, 0) is 25.0 Å². The second-order valence-electron chi connectivity index (χ2n) is 5.17. The maximum Gasteiger partial charge on any atom is 0.209 e. The first kappa shape index (κ1) is 13.5. The fraction of sp³-hybridized carbons (Fsp3) is 0.267. The number of aromatic nitrogens is 4. The molecule has 1 aromatic carbocycles. The van der Waals surface area contributed by atoms with Crippen LogP contribution in [0.25, 0.3) is 11.4 Å². The summed E-state index contributed by atoms with van der Waals surface area (Å²) in [6.45, 7) is 0. The second-order valence-corrected chi connectivity index (χ2v) is 6.12. The van der Waals surface area contributed by atoms with Gasteiger partial charge in [0.15, 0.2) is 11.7 Å². The van der Waals surface area contributed by atoms with Crippen molar-refractivity contribution in [2.45, 2.75) is 29.7 Å². The molecule has 1 N–H and O–H groups in total. The Morgan fingerprint density at radius 1 is 1.32 bits per heavy atom. The number of hydrogen-bond acceptors (Lipinski definition) is 5. The van der Waals surface area contributed by atoms with E-state index in [4.69, 9.17) is 4.42 Å². The van der Waals surface area contributed by atoms with Crippen LogP contribution in [-0.4, -0.2) is 20.2 Å². The number of halogens is 1. The Balaban J connectivity index is 1.44. The molecule has 0 radical (unpaired) electrons. The second kappa shape index (κ2) is 5.57. The molecule has 0 amide bonds. The lowest BCUT2D eigenvalue weighted by atomic mass is 10.2. The van der Waals surface area contributed by atoms with E-state index in [0.717, 1.165) is 11.7 Å². The van der Waals surface area contributed by atoms with Crippen molar-refractivity contribution < 1.29 is 8.81 Å². The van der Waals surface area contributed by atoms with Crippen LogP contribution >= 0.6 is 11.8 Å². The van der Waals surface area contributed by atoms with Crippen LogP contribution < -0.4 is 0 Å². The van der Waals surface area contributed by atoms with Crippen LogP contribution in [0.1, 0.15) is 30.4 Å². The van der Waals surface area contributed by atoms with Gasteiger partial charge in [-0.3, -0.25) is 5.10 Å². The molecule has 22 heavy (non-hydrogen) atoms. The molecule has 0 spiro atoms. The van der Waals surface area contributed by atoms with Crippen molar-refractivity contribution in [3.05, 3.63) is 47.9 Å². The van der Waals surface area contributed by atoms with Gasteiger partial charge in [0.1, 0.15) is 11.6 Å². The topological polar surface area (TPSA) is 67.6 Å². The minimum absolute atomic E-state index is 0.320. The van der Waals surface area contributed by atoms with Gasteiger partial charge in [0.05, 0.1) is 17.5 Å². The molecule has 0 unspecified atom stereocenters. The first-order valence-electron chi connectivity index (χ1n) is 7.04. The van der Waals surface area contributed by atoms with E-state index in [1.165, 1.54) is 30.7 Å². The molecule has 0 atom stereocenters. The van der Waals surface area contributed by atoms with Crippen LogP contribution in [0.3, 0.4) is 0 Å². The van der Waals surface area contributed by atoms with E-state index in [2.05, 4.69) is 20.2 Å². The molecule has 0 bridgehead atoms. The summed E-state index contributed by atoms with van der Waals surface area (Å²) in [5.41, 5.74) is 0.414. The smallest absolute Gasteiger partial charge is 0.209 e. The minimum Gasteiger partial charge on any atom is -0.445 e. The summed E-state index contributed by atoms with van der Waals surface area (Å²) in [5.74, 6) is 2.86. The zero-order valence-corrected chi connectivity index (χ0v) is 12.4. The van der Waals surface area contributed by atoms with Crippen LogP contribution in [-0.2, 0) is 5.75 Å². The number of thioether (sulfide) groups is 1. The third-order valence-electron chi connectivity index (χ3n) is 3.44. The van der Waals surface area contributed by atoms with E-state index in [1.807, 2.05) is 0 Å². The number of rotatable bonds is 5. The fourth-order valence-corrected chi connectivity index (χ4v) is 2.80. The van der Waals surface area contributed by atoms with E-state index in [0.29, 0.717) is 28.2 Å². The summed E-state index contributed by atoms with van der Waals surface area (Å²) < 4.78 is 19.4. The highest BCUT2D eigenvalue weighted by Crippen LogP contribution is 2.39. The zero-order valence-electron chi connectivity index (χ0n) is 11.6. The van der Waals surface area contributed by atoms with Crippen molar-refractivity contribution >= 4 is 11.8 Å². The molecule has 1 fully saturated rings. The number of nitrogens with zero attached hydrogens (tertiary/aromatic N) is 3. The summed E-state index contributed by atoms with van der Waals surface area (Å²) in [6.07, 6.45) is 4.09. The summed E-state index contributed by atoms with van der Waals surface area (Å²) >= 11 is 1.43. The SMILES string of the molecule is Fc1ccccc1-c1nc(SCc2cnc(C3CC3)o2)n[nH]1. The van der Waals surface area contributed by atoms with Gasteiger partial charge in [-0.2, -0.15) is 0 Å². The molecule has 0 saturated heterocycles. The summed E-state index contributed by atoms with van der Waals surface area (Å²) in [5, 5.41) is 7.42. The Hall–Kier alpha value is -2.15. The van der Waals surface area contributed by atoms with Crippen molar-refractivity contribution in [1.29, 1.82) is 0 Å². The number of hydrogen-bond donors (Lipinski definition) is 1. The number of oxazole rings is 1. The first-order valence-corrected chi connectivity index (χ1v) is 8.03. The number of H-pyrrole nitrogens is 1. The van der Waals surface area contributed by atoms with E-state index < -0.39 is 0 Å². The quantitative estimate of drug-likeness (QED) is 0.726. The molecule has 1 aliphatic rings. The van der Waals surface area contributed by atoms with Gasteiger partial charge in [0.25, 0.3) is 0 Å². The molecule has 4 rings (SSSR count). The average Bonchev–Trinajstić information content (AvgIpc) is 3.09. The number of nitrogens with one attached hydrogen (secondary N) is 1. The standard InChI is InChI=1S/C15H13FN4OS/c16-12-4-2-1-3-11(12)13-18-15(20-19-13)22-8-10-7-17-14(21-10)9-5-6-9/h1-4,7,9H,5-6,8H2,(H,18,19,20). The summed E-state index contributed by atoms with van der Waals surface area (Å²) in [6, 6.07) is 6.48. The highest BCUT2D eigenvalue weighted by molar-refractivity contribution is 7.98. The van der Waals surface area contributed by atoms with Crippen LogP contribution in [0.15, 0.2) is 40.0 Å². The van der Waals surface area contributed by atoms with Gasteiger partial charge in [-0.15, -0.1) is 5.10 Å². The lowest BCUT2D eigenvalue weighted by molar-refractivity contribution is 0.470. The summed E-state index contributed by atoms with van der Waals surface area (Å²) in [7, 11) is 0. The van der Waals surface area contributed by atoms with Gasteiger partial charge in [-0.1, -0.05) is 23.9 Å². The van der Waals surface area contributed by atoms with E-state index >= 15 is 0 Å². The lowest BCUT2D eigenvalue weighted by Gasteiger charge is -1.96. The molecule has 7 heteroatoms. The van der Waals surface area contributed by atoms with Crippen molar-refractivity contribution in [2.24, 2.45) is 0 Å². The van der Waals surface area contributed by atoms with E-state index in [-0.39, 0.29) is 5.82 Å². The minimum atomic E-state index is -0.320. The van der Waals surface area contributed by atoms with Gasteiger partial charge >= 0.3 is 0 Å². The maximum atomic E-state index is 13.7. The molecular formula is C15H13FN4OS. The number of benzene rings is 1. The molecular weight excluding hydrogens is 303 g/mol. The highest BCUT2D eigenvalue weighted by Gasteiger charge is 2.28. The van der Waals surface area contributed by atoms with Crippen LogP contribution in [0.5, 0.6) is 0 Å². The molecule has 112 valence electrons. The average molecular weight is 316 g/mol. The third-order valence-corrected chi connectivity index (χ3v) is 4.31. The molecule has 1 aliphatic carbocycles. The Morgan fingerprint density at radius 3 is 3.00 bits per heavy atom. The summed E-state index contributed by atoms with van der Waals surface area (Å²) in [4.78, 5) is 8.58. The van der Waals surface area contributed by atoms with Crippen molar-refractivity contribution in [3.63, 3.8) is 0 Å². The molecule has 2 heterocycles. The Bertz CT molecular complexity index is 796. The highest BCUT2D eigenvalue weighted by atomic mass is 32.2.